The quantitative estimate of drug-likeness (QED) is 0.404. The van der Waals surface area contributed by atoms with Crippen LogP contribution in [-0.4, -0.2) is 34.3 Å². The number of halogens is 1. The number of aromatic nitrogens is 4. The molecule has 0 bridgehead atoms. The Morgan fingerprint density at radius 1 is 1.00 bits per heavy atom. The third kappa shape index (κ3) is 3.37. The largest absolute Gasteiger partial charge is 0.382 e. The maximum absolute atomic E-state index is 13.6. The van der Waals surface area contributed by atoms with Crippen LogP contribution in [0.3, 0.4) is 0 Å². The Labute approximate surface area is 187 Å². The molecule has 5 aromatic rings. The number of sulfone groups is 1. The van der Waals surface area contributed by atoms with Crippen molar-refractivity contribution in [2.24, 2.45) is 5.10 Å². The number of rotatable bonds is 4. The molecule has 8 nitrogen and oxygen atoms in total. The molecule has 0 spiro atoms. The highest BCUT2D eigenvalue weighted by molar-refractivity contribution is 7.92. The minimum Gasteiger partial charge on any atom is -0.382 e. The Balaban J connectivity index is 1.82. The zero-order chi connectivity index (χ0) is 22.3. The first-order valence-electron chi connectivity index (χ1n) is 9.47. The van der Waals surface area contributed by atoms with Crippen LogP contribution in [-0.2, 0) is 9.84 Å². The molecule has 0 fully saturated rings. The normalized spacial score (nSPS) is 12.2. The number of benzene rings is 2. The molecule has 5 rings (SSSR count). The molecular weight excluding hydrogens is 448 g/mol. The molecule has 0 aliphatic rings. The predicted octanol–water partition coefficient (Wildman–Crippen LogP) is 3.93. The van der Waals surface area contributed by atoms with Crippen LogP contribution < -0.4 is 5.73 Å². The molecule has 158 valence electrons. The summed E-state index contributed by atoms with van der Waals surface area (Å²) >= 11 is 6.04. The molecule has 2 aromatic carbocycles. The Hall–Kier alpha value is -3.82. The average molecular weight is 463 g/mol. The van der Waals surface area contributed by atoms with Gasteiger partial charge >= 0.3 is 0 Å². The van der Waals surface area contributed by atoms with Crippen molar-refractivity contribution in [1.29, 1.82) is 0 Å². The molecule has 0 radical (unpaired) electrons. The van der Waals surface area contributed by atoms with Gasteiger partial charge in [0.1, 0.15) is 16.2 Å². The lowest BCUT2D eigenvalue weighted by Gasteiger charge is -2.05. The van der Waals surface area contributed by atoms with Crippen LogP contribution >= 0.6 is 11.6 Å². The van der Waals surface area contributed by atoms with Gasteiger partial charge in [-0.3, -0.25) is 4.98 Å². The second-order valence-corrected chi connectivity index (χ2v) is 9.23. The molecule has 32 heavy (non-hydrogen) atoms. The summed E-state index contributed by atoms with van der Waals surface area (Å²) in [6, 6.07) is 16.7. The Morgan fingerprint density at radius 3 is 2.50 bits per heavy atom. The molecule has 0 unspecified atom stereocenters. The van der Waals surface area contributed by atoms with Gasteiger partial charge in [0.25, 0.3) is 0 Å². The summed E-state index contributed by atoms with van der Waals surface area (Å²) in [5, 5.41) is 4.68. The summed E-state index contributed by atoms with van der Waals surface area (Å²) < 4.78 is 28.4. The zero-order valence-corrected chi connectivity index (χ0v) is 18.0. The Morgan fingerprint density at radius 2 is 1.78 bits per heavy atom. The lowest BCUT2D eigenvalue weighted by molar-refractivity contribution is 0.597. The van der Waals surface area contributed by atoms with E-state index in [9.17, 15) is 8.42 Å². The second-order valence-electron chi connectivity index (χ2n) is 6.90. The monoisotopic (exact) mass is 462 g/mol. The molecule has 0 aliphatic carbocycles. The van der Waals surface area contributed by atoms with Gasteiger partial charge in [-0.05, 0) is 36.4 Å². The zero-order valence-electron chi connectivity index (χ0n) is 16.4. The molecular formula is C22H15ClN6O2S. The minimum absolute atomic E-state index is 0.00180. The number of nitrogen functional groups attached to an aromatic ring is 1. The number of fused-ring (bicyclic) bond motifs is 2. The standard InChI is InChI=1S/C22H15ClN6O2S/c23-15-6-3-7-16(11-15)32(30,31)20-19-22(28-18-9-2-1-8-17(18)27-19)29(21(20)24)26-13-14-5-4-10-25-12-14/h1-13H,24H2/b26-13+. The van der Waals surface area contributed by atoms with Crippen molar-refractivity contribution in [3.8, 4) is 0 Å². The van der Waals surface area contributed by atoms with E-state index in [4.69, 9.17) is 17.3 Å². The molecule has 0 saturated heterocycles. The van der Waals surface area contributed by atoms with Crippen molar-refractivity contribution in [3.63, 3.8) is 0 Å². The van der Waals surface area contributed by atoms with E-state index in [1.54, 1.807) is 48.8 Å². The summed E-state index contributed by atoms with van der Waals surface area (Å²) in [7, 11) is -4.07. The van der Waals surface area contributed by atoms with Crippen molar-refractivity contribution < 1.29 is 8.42 Å². The van der Waals surface area contributed by atoms with Crippen molar-refractivity contribution >= 4 is 55.7 Å². The Bertz CT molecular complexity index is 1610. The maximum Gasteiger partial charge on any atom is 0.212 e. The van der Waals surface area contributed by atoms with Crippen LogP contribution in [0.15, 0.2) is 87.9 Å². The van der Waals surface area contributed by atoms with Gasteiger partial charge in [0, 0.05) is 23.0 Å². The van der Waals surface area contributed by atoms with Crippen LogP contribution in [0.1, 0.15) is 5.56 Å². The van der Waals surface area contributed by atoms with E-state index in [1.807, 2.05) is 12.1 Å². The molecule has 3 heterocycles. The fourth-order valence-corrected chi connectivity index (χ4v) is 5.12. The highest BCUT2D eigenvalue weighted by Gasteiger charge is 2.30. The lowest BCUT2D eigenvalue weighted by atomic mass is 10.3. The van der Waals surface area contributed by atoms with Gasteiger partial charge in [-0.2, -0.15) is 9.78 Å². The van der Waals surface area contributed by atoms with Crippen molar-refractivity contribution in [2.45, 2.75) is 9.79 Å². The van der Waals surface area contributed by atoms with Crippen LogP contribution in [0.5, 0.6) is 0 Å². The summed E-state index contributed by atoms with van der Waals surface area (Å²) in [4.78, 5) is 13.0. The number of pyridine rings is 1. The summed E-state index contributed by atoms with van der Waals surface area (Å²) in [5.74, 6) is -0.101. The van der Waals surface area contributed by atoms with Gasteiger partial charge in [0.15, 0.2) is 5.65 Å². The number of anilines is 1. The highest BCUT2D eigenvalue weighted by atomic mass is 35.5. The van der Waals surface area contributed by atoms with Crippen LogP contribution in [0, 0.1) is 0 Å². The third-order valence-electron chi connectivity index (χ3n) is 4.81. The van der Waals surface area contributed by atoms with Crippen LogP contribution in [0.4, 0.5) is 5.82 Å². The molecule has 0 aliphatic heterocycles. The second kappa shape index (κ2) is 7.70. The van der Waals surface area contributed by atoms with Crippen molar-refractivity contribution in [3.05, 3.63) is 83.6 Å². The SMILES string of the molecule is Nc1c(S(=O)(=O)c2cccc(Cl)c2)c2nc3ccccc3nc2n1/N=C/c1cccnc1. The van der Waals surface area contributed by atoms with Gasteiger partial charge in [-0.15, -0.1) is 0 Å². The predicted molar refractivity (Wildman–Crippen MR) is 124 cm³/mol. The summed E-state index contributed by atoms with van der Waals surface area (Å²) in [6.45, 7) is 0. The van der Waals surface area contributed by atoms with Gasteiger partial charge < -0.3 is 5.73 Å². The number of para-hydroxylation sites is 2. The highest BCUT2D eigenvalue weighted by Crippen LogP contribution is 2.35. The fraction of sp³-hybridized carbons (Fsp3) is 0. The van der Waals surface area contributed by atoms with Crippen LogP contribution in [0.2, 0.25) is 5.02 Å². The van der Waals surface area contributed by atoms with Gasteiger partial charge in [0.2, 0.25) is 9.84 Å². The first-order valence-corrected chi connectivity index (χ1v) is 11.3. The molecule has 3 aromatic heterocycles. The first-order chi connectivity index (χ1) is 15.4. The van der Waals surface area contributed by atoms with E-state index in [0.717, 1.165) is 0 Å². The van der Waals surface area contributed by atoms with E-state index < -0.39 is 9.84 Å². The first kappa shape index (κ1) is 20.1. The molecule has 0 atom stereocenters. The maximum atomic E-state index is 13.6. The number of hydrogen-bond acceptors (Lipinski definition) is 7. The van der Waals surface area contributed by atoms with Crippen molar-refractivity contribution in [2.75, 3.05) is 5.73 Å². The molecule has 2 N–H and O–H groups in total. The van der Waals surface area contributed by atoms with E-state index >= 15 is 0 Å². The number of nitrogens with zero attached hydrogens (tertiary/aromatic N) is 5. The third-order valence-corrected chi connectivity index (χ3v) is 6.86. The van der Waals surface area contributed by atoms with Crippen LogP contribution in [0.25, 0.3) is 22.2 Å². The van der Waals surface area contributed by atoms with Gasteiger partial charge in [0.05, 0.1) is 22.1 Å². The summed E-state index contributed by atoms with van der Waals surface area (Å²) in [5.41, 5.74) is 8.53. The topological polar surface area (TPSA) is 116 Å². The molecule has 0 amide bonds. The van der Waals surface area contributed by atoms with E-state index in [1.165, 1.54) is 23.0 Å². The molecule has 10 heteroatoms. The number of hydrogen-bond donors (Lipinski definition) is 1. The van der Waals surface area contributed by atoms with E-state index in [0.29, 0.717) is 21.6 Å². The molecule has 0 saturated carbocycles. The lowest BCUT2D eigenvalue weighted by Crippen LogP contribution is -2.06. The van der Waals surface area contributed by atoms with E-state index in [-0.39, 0.29) is 26.8 Å². The van der Waals surface area contributed by atoms with Crippen molar-refractivity contribution in [1.82, 2.24) is 19.6 Å². The smallest absolute Gasteiger partial charge is 0.212 e. The number of nitrogens with two attached hydrogens (primary N) is 1. The fourth-order valence-electron chi connectivity index (χ4n) is 3.33. The van der Waals surface area contributed by atoms with E-state index in [2.05, 4.69) is 20.1 Å². The van der Waals surface area contributed by atoms with Gasteiger partial charge in [-0.1, -0.05) is 35.9 Å². The Kier molecular flexibility index (Phi) is 4.84. The average Bonchev–Trinajstić information content (AvgIpc) is 3.07. The van der Waals surface area contributed by atoms with Gasteiger partial charge in [-0.25, -0.2) is 18.4 Å². The minimum atomic E-state index is -4.07. The summed E-state index contributed by atoms with van der Waals surface area (Å²) in [6.07, 6.45) is 4.79.